The number of allylic oxidation sites excluding steroid dienone is 1. The number of nitrogens with one attached hydrogen (secondary N) is 4. The largest absolute Gasteiger partial charge is 0.497 e. The number of anilines is 4. The zero-order chi connectivity index (χ0) is 28.3. The number of methoxy groups -OCH3 is 2. The monoisotopic (exact) mass is 561 g/mol. The Morgan fingerprint density at radius 2 is 1.80 bits per heavy atom. The van der Waals surface area contributed by atoms with Gasteiger partial charge in [0.2, 0.25) is 0 Å². The minimum absolute atomic E-state index is 0.0210. The summed E-state index contributed by atoms with van der Waals surface area (Å²) in [5.74, 6) is 0.931. The molecular weight excluding hydrogens is 534 g/mol. The lowest BCUT2D eigenvalue weighted by Crippen LogP contribution is -2.19. The van der Waals surface area contributed by atoms with Crippen molar-refractivity contribution in [1.29, 1.82) is 0 Å². The smallest absolute Gasteiger partial charge is 0.291 e. The molecule has 0 fully saturated rings. The Morgan fingerprint density at radius 3 is 2.50 bits per heavy atom. The number of amides is 1. The van der Waals surface area contributed by atoms with Crippen LogP contribution in [0, 0.1) is 0 Å². The first-order valence-electron chi connectivity index (χ1n) is 12.3. The fourth-order valence-corrected chi connectivity index (χ4v) is 5.18. The summed E-state index contributed by atoms with van der Waals surface area (Å²) in [6, 6.07) is 11.0. The number of aromatic amines is 1. The van der Waals surface area contributed by atoms with E-state index >= 15 is 0 Å². The van der Waals surface area contributed by atoms with Gasteiger partial charge in [0.1, 0.15) is 11.5 Å². The van der Waals surface area contributed by atoms with Crippen LogP contribution in [0.5, 0.6) is 11.5 Å². The molecule has 1 unspecified atom stereocenters. The van der Waals surface area contributed by atoms with E-state index < -0.39 is 15.9 Å². The highest BCUT2D eigenvalue weighted by molar-refractivity contribution is 7.92. The van der Waals surface area contributed by atoms with E-state index in [9.17, 15) is 13.2 Å². The highest BCUT2D eigenvalue weighted by Gasteiger charge is 2.24. The van der Waals surface area contributed by atoms with Crippen LogP contribution in [0.4, 0.5) is 23.0 Å². The predicted molar refractivity (Wildman–Crippen MR) is 151 cm³/mol. The molecule has 0 bridgehead atoms. The maximum atomic E-state index is 13.5. The molecule has 40 heavy (non-hydrogen) atoms. The van der Waals surface area contributed by atoms with Gasteiger partial charge >= 0.3 is 0 Å². The Labute approximate surface area is 230 Å². The number of ether oxygens (including phenoxy) is 2. The van der Waals surface area contributed by atoms with E-state index in [0.29, 0.717) is 28.6 Å². The average Bonchev–Trinajstić information content (AvgIpc) is 3.49. The molecule has 1 aliphatic rings. The van der Waals surface area contributed by atoms with E-state index in [1.807, 2.05) is 19.1 Å². The predicted octanol–water partition coefficient (Wildman–Crippen LogP) is 4.53. The van der Waals surface area contributed by atoms with Gasteiger partial charge in [-0.25, -0.2) is 23.4 Å². The van der Waals surface area contributed by atoms with Crippen molar-refractivity contribution in [2.75, 3.05) is 29.6 Å². The summed E-state index contributed by atoms with van der Waals surface area (Å²) in [5.41, 5.74) is 2.15. The van der Waals surface area contributed by atoms with Gasteiger partial charge in [-0.2, -0.15) is 0 Å². The van der Waals surface area contributed by atoms with Gasteiger partial charge in [0, 0.05) is 47.9 Å². The molecule has 4 N–H and O–H groups in total. The average molecular weight is 562 g/mol. The summed E-state index contributed by atoms with van der Waals surface area (Å²) in [7, 11) is -1.07. The summed E-state index contributed by atoms with van der Waals surface area (Å²) < 4.78 is 40.4. The molecule has 2 aromatic heterocycles. The molecule has 2 heterocycles. The number of imidazole rings is 1. The van der Waals surface area contributed by atoms with Crippen LogP contribution in [0.15, 0.2) is 65.8 Å². The Hall–Kier alpha value is -4.91. The topological polar surface area (TPSA) is 160 Å². The third-order valence-corrected chi connectivity index (χ3v) is 7.48. The summed E-state index contributed by atoms with van der Waals surface area (Å²) in [6.45, 7) is 2.00. The number of carbonyl (C=O) groups excluding carboxylic acids is 1. The van der Waals surface area contributed by atoms with Crippen molar-refractivity contribution in [3.05, 3.63) is 78.1 Å². The molecule has 206 valence electrons. The van der Waals surface area contributed by atoms with E-state index in [0.717, 1.165) is 6.42 Å². The maximum Gasteiger partial charge on any atom is 0.291 e. The second-order valence-corrected chi connectivity index (χ2v) is 10.7. The van der Waals surface area contributed by atoms with Gasteiger partial charge in [-0.1, -0.05) is 19.1 Å². The number of fused-ring (bicyclic) bond motifs is 1. The van der Waals surface area contributed by atoms with Crippen molar-refractivity contribution < 1.29 is 22.7 Å². The normalized spacial score (nSPS) is 14.2. The Bertz CT molecular complexity index is 1670. The number of rotatable bonds is 9. The molecular formula is C27H27N7O5S. The van der Waals surface area contributed by atoms with Crippen molar-refractivity contribution in [2.45, 2.75) is 24.2 Å². The number of benzene rings is 2. The van der Waals surface area contributed by atoms with Crippen molar-refractivity contribution in [2.24, 2.45) is 0 Å². The lowest BCUT2D eigenvalue weighted by atomic mass is 9.96. The number of nitrogens with zero attached hydrogens (tertiary/aromatic N) is 3. The lowest BCUT2D eigenvalue weighted by Gasteiger charge is -2.20. The molecule has 2 aromatic carbocycles. The van der Waals surface area contributed by atoms with Crippen LogP contribution in [0.3, 0.4) is 0 Å². The van der Waals surface area contributed by atoms with Gasteiger partial charge < -0.3 is 25.1 Å². The van der Waals surface area contributed by atoms with Crippen LogP contribution in [-0.2, 0) is 10.0 Å². The molecule has 1 aliphatic carbocycles. The summed E-state index contributed by atoms with van der Waals surface area (Å²) in [4.78, 5) is 28.3. The van der Waals surface area contributed by atoms with Crippen molar-refractivity contribution >= 4 is 45.0 Å². The van der Waals surface area contributed by atoms with Gasteiger partial charge in [0.15, 0.2) is 17.5 Å². The quantitative estimate of drug-likeness (QED) is 0.230. The number of sulfonamides is 1. The zero-order valence-corrected chi connectivity index (χ0v) is 22.7. The standard InChI is InChI=1S/C27H27N7O5S/c1-16-6-4-9-22-23(16)33-25(24(32-22)30-18-12-19(38-2)15-20(13-18)39-3)34-40(36,37)21-8-5-7-17(14-21)31-27(35)26-28-10-11-29-26/h4-5,7-16H,6H2,1-3H3,(H,28,29)(H,30,32)(H,31,35)(H,33,34). The molecule has 0 spiro atoms. The molecule has 1 atom stereocenters. The van der Waals surface area contributed by atoms with E-state index in [1.54, 1.807) is 24.3 Å². The van der Waals surface area contributed by atoms with Gasteiger partial charge in [-0.3, -0.25) is 9.52 Å². The summed E-state index contributed by atoms with van der Waals surface area (Å²) >= 11 is 0. The minimum Gasteiger partial charge on any atom is -0.497 e. The number of H-pyrrole nitrogens is 1. The number of aromatic nitrogens is 4. The molecule has 0 saturated carbocycles. The van der Waals surface area contributed by atoms with Crippen LogP contribution >= 0.6 is 0 Å². The Kier molecular flexibility index (Phi) is 7.38. The minimum atomic E-state index is -4.14. The summed E-state index contributed by atoms with van der Waals surface area (Å²) in [6.07, 6.45) is 7.59. The number of carbonyl (C=O) groups is 1. The first-order chi connectivity index (χ1) is 19.3. The van der Waals surface area contributed by atoms with E-state index in [2.05, 4.69) is 30.3 Å². The second-order valence-electron chi connectivity index (χ2n) is 8.98. The Morgan fingerprint density at radius 1 is 1.02 bits per heavy atom. The van der Waals surface area contributed by atoms with Crippen LogP contribution in [0.1, 0.15) is 41.3 Å². The first kappa shape index (κ1) is 26.7. The van der Waals surface area contributed by atoms with Crippen LogP contribution in [-0.4, -0.2) is 48.5 Å². The highest BCUT2D eigenvalue weighted by Crippen LogP contribution is 2.34. The van der Waals surface area contributed by atoms with Crippen molar-refractivity contribution in [3.63, 3.8) is 0 Å². The molecule has 13 heteroatoms. The molecule has 5 rings (SSSR count). The van der Waals surface area contributed by atoms with E-state index in [4.69, 9.17) is 14.5 Å². The van der Waals surface area contributed by atoms with Crippen molar-refractivity contribution in [3.8, 4) is 11.5 Å². The summed E-state index contributed by atoms with van der Waals surface area (Å²) in [5, 5.41) is 5.79. The van der Waals surface area contributed by atoms with Crippen molar-refractivity contribution in [1.82, 2.24) is 19.9 Å². The zero-order valence-electron chi connectivity index (χ0n) is 21.9. The Balaban J connectivity index is 1.49. The molecule has 0 aliphatic heterocycles. The van der Waals surface area contributed by atoms with Gasteiger partial charge in [0.25, 0.3) is 15.9 Å². The third kappa shape index (κ3) is 5.73. The lowest BCUT2D eigenvalue weighted by molar-refractivity contribution is 0.101. The van der Waals surface area contributed by atoms with E-state index in [1.165, 1.54) is 44.8 Å². The maximum absolute atomic E-state index is 13.5. The van der Waals surface area contributed by atoms with E-state index in [-0.39, 0.29) is 34.0 Å². The van der Waals surface area contributed by atoms with Crippen LogP contribution in [0.2, 0.25) is 0 Å². The molecule has 1 amide bonds. The number of hydrogen-bond acceptors (Lipinski definition) is 9. The van der Waals surface area contributed by atoms with Crippen LogP contribution < -0.4 is 24.8 Å². The SMILES string of the molecule is COc1cc(Nc2nc3c(nc2NS(=O)(=O)c2cccc(NC(=O)c4ncc[nH]4)c2)C(C)CC=C3)cc(OC)c1. The molecule has 4 aromatic rings. The molecule has 0 radical (unpaired) electrons. The fraction of sp³-hybridized carbons (Fsp3) is 0.185. The van der Waals surface area contributed by atoms with Gasteiger partial charge in [-0.15, -0.1) is 0 Å². The highest BCUT2D eigenvalue weighted by atomic mass is 32.2. The fourth-order valence-electron chi connectivity index (χ4n) is 4.12. The first-order valence-corrected chi connectivity index (χ1v) is 13.8. The molecule has 12 nitrogen and oxygen atoms in total. The molecule has 0 saturated heterocycles. The van der Waals surface area contributed by atoms with Gasteiger partial charge in [0.05, 0.1) is 30.5 Å². The third-order valence-electron chi connectivity index (χ3n) is 6.14. The number of hydrogen-bond donors (Lipinski definition) is 4. The second kappa shape index (κ2) is 11.1. The van der Waals surface area contributed by atoms with Crippen LogP contribution in [0.25, 0.3) is 6.08 Å². The van der Waals surface area contributed by atoms with Gasteiger partial charge in [-0.05, 0) is 30.7 Å².